The van der Waals surface area contributed by atoms with Gasteiger partial charge in [-0.25, -0.2) is 4.98 Å². The van der Waals surface area contributed by atoms with Crippen LogP contribution in [0.1, 0.15) is 16.1 Å². The van der Waals surface area contributed by atoms with Gasteiger partial charge in [0.05, 0.1) is 4.47 Å². The fraction of sp³-hybridized carbons (Fsp3) is 0.125. The number of aromatic nitrogens is 2. The Morgan fingerprint density at radius 3 is 2.73 bits per heavy atom. The Hall–Kier alpha value is -2.34. The predicted molar refractivity (Wildman–Crippen MR) is 89.8 cm³/mol. The van der Waals surface area contributed by atoms with Gasteiger partial charge in [-0.1, -0.05) is 30.3 Å². The largest absolute Gasteiger partial charge is 0.383 e. The molecule has 22 heavy (non-hydrogen) atoms. The number of hydrogen-bond acceptors (Lipinski definition) is 3. The maximum atomic E-state index is 12.3. The normalized spacial score (nSPS) is 10.8. The molecule has 3 N–H and O–H groups in total. The van der Waals surface area contributed by atoms with Gasteiger partial charge in [0.15, 0.2) is 11.3 Å². The highest BCUT2D eigenvalue weighted by Gasteiger charge is 2.17. The van der Waals surface area contributed by atoms with Crippen LogP contribution in [-0.4, -0.2) is 21.8 Å². The lowest BCUT2D eigenvalue weighted by Crippen LogP contribution is -2.26. The summed E-state index contributed by atoms with van der Waals surface area (Å²) in [5.41, 5.74) is 8.07. The molecule has 0 aliphatic heterocycles. The molecule has 112 valence electrons. The van der Waals surface area contributed by atoms with Crippen LogP contribution in [0.4, 0.5) is 5.82 Å². The average molecular weight is 359 g/mol. The molecule has 0 unspecified atom stereocenters. The third-order valence-corrected chi connectivity index (χ3v) is 4.02. The van der Waals surface area contributed by atoms with Gasteiger partial charge in [-0.2, -0.15) is 0 Å². The van der Waals surface area contributed by atoms with Gasteiger partial charge in [-0.3, -0.25) is 9.20 Å². The molecule has 0 spiro atoms. The second kappa shape index (κ2) is 6.19. The molecule has 1 aromatic carbocycles. The third kappa shape index (κ3) is 2.82. The number of carbonyl (C=O) groups excluding carboxylic acids is 1. The van der Waals surface area contributed by atoms with Gasteiger partial charge in [-0.15, -0.1) is 0 Å². The van der Waals surface area contributed by atoms with Gasteiger partial charge in [-0.05, 0) is 40.0 Å². The van der Waals surface area contributed by atoms with E-state index < -0.39 is 0 Å². The Labute approximate surface area is 136 Å². The second-order valence-electron chi connectivity index (χ2n) is 4.89. The molecule has 1 amide bonds. The first-order valence-corrected chi connectivity index (χ1v) is 7.70. The van der Waals surface area contributed by atoms with Crippen molar-refractivity contribution in [3.8, 4) is 0 Å². The Morgan fingerprint density at radius 1 is 1.23 bits per heavy atom. The molecule has 0 saturated carbocycles. The van der Waals surface area contributed by atoms with Gasteiger partial charge in [0.1, 0.15) is 5.82 Å². The molecule has 2 aromatic heterocycles. The second-order valence-corrected chi connectivity index (χ2v) is 5.74. The lowest BCUT2D eigenvalue weighted by atomic mass is 10.1. The molecule has 0 atom stereocenters. The summed E-state index contributed by atoms with van der Waals surface area (Å²) in [5, 5.41) is 2.86. The minimum absolute atomic E-state index is 0.250. The van der Waals surface area contributed by atoms with E-state index in [1.807, 2.05) is 42.5 Å². The molecule has 2 heterocycles. The molecule has 0 radical (unpaired) electrons. The average Bonchev–Trinajstić information content (AvgIpc) is 2.87. The molecule has 3 aromatic rings. The molecule has 0 fully saturated rings. The highest BCUT2D eigenvalue weighted by Crippen LogP contribution is 2.21. The number of halogens is 1. The lowest BCUT2D eigenvalue weighted by molar-refractivity contribution is 0.0951. The van der Waals surface area contributed by atoms with Crippen molar-refractivity contribution in [1.82, 2.24) is 14.7 Å². The highest BCUT2D eigenvalue weighted by molar-refractivity contribution is 9.10. The van der Waals surface area contributed by atoms with Crippen molar-refractivity contribution in [3.63, 3.8) is 0 Å². The zero-order chi connectivity index (χ0) is 15.5. The predicted octanol–water partition coefficient (Wildman–Crippen LogP) is 2.65. The van der Waals surface area contributed by atoms with Crippen LogP contribution in [0.25, 0.3) is 5.65 Å². The maximum Gasteiger partial charge on any atom is 0.273 e. The van der Waals surface area contributed by atoms with Crippen LogP contribution in [-0.2, 0) is 6.42 Å². The topological polar surface area (TPSA) is 72.4 Å². The van der Waals surface area contributed by atoms with Crippen LogP contribution in [0.5, 0.6) is 0 Å². The number of amides is 1. The van der Waals surface area contributed by atoms with Crippen molar-refractivity contribution in [1.29, 1.82) is 0 Å². The molecule has 0 aliphatic rings. The third-order valence-electron chi connectivity index (χ3n) is 3.40. The van der Waals surface area contributed by atoms with Crippen LogP contribution in [0.2, 0.25) is 0 Å². The van der Waals surface area contributed by atoms with E-state index in [1.165, 1.54) is 5.56 Å². The molecule has 3 rings (SSSR count). The Kier molecular flexibility index (Phi) is 4.11. The number of rotatable bonds is 4. The first-order chi connectivity index (χ1) is 10.7. The quantitative estimate of drug-likeness (QED) is 0.752. The highest BCUT2D eigenvalue weighted by atomic mass is 79.9. The summed E-state index contributed by atoms with van der Waals surface area (Å²) in [5.74, 6) is 0.0811. The number of pyridine rings is 1. The van der Waals surface area contributed by atoms with Crippen molar-refractivity contribution in [3.05, 3.63) is 64.4 Å². The minimum Gasteiger partial charge on any atom is -0.383 e. The molecule has 6 heteroatoms. The first kappa shape index (κ1) is 14.6. The van der Waals surface area contributed by atoms with Gasteiger partial charge in [0, 0.05) is 12.7 Å². The fourth-order valence-corrected chi connectivity index (χ4v) is 2.70. The number of hydrogen-bond donors (Lipinski definition) is 2. The van der Waals surface area contributed by atoms with Crippen molar-refractivity contribution in [2.45, 2.75) is 6.42 Å². The Bertz CT molecular complexity index is 814. The SMILES string of the molecule is Nc1c(C(=O)NCCc2ccccc2)nc2c(Br)cccn12. The number of fused-ring (bicyclic) bond motifs is 1. The van der Waals surface area contributed by atoms with Crippen molar-refractivity contribution in [2.24, 2.45) is 0 Å². The molecule has 0 bridgehead atoms. The molecule has 0 aliphatic carbocycles. The monoisotopic (exact) mass is 358 g/mol. The van der Waals surface area contributed by atoms with Gasteiger partial charge < -0.3 is 11.1 Å². The van der Waals surface area contributed by atoms with E-state index >= 15 is 0 Å². The smallest absolute Gasteiger partial charge is 0.273 e. The number of nitrogens with one attached hydrogen (secondary N) is 1. The van der Waals surface area contributed by atoms with E-state index in [9.17, 15) is 4.79 Å². The Balaban J connectivity index is 1.73. The Morgan fingerprint density at radius 2 is 2.00 bits per heavy atom. The summed E-state index contributed by atoms with van der Waals surface area (Å²) in [6.07, 6.45) is 2.55. The summed E-state index contributed by atoms with van der Waals surface area (Å²) in [6.45, 7) is 0.539. The van der Waals surface area contributed by atoms with Crippen molar-refractivity contribution in [2.75, 3.05) is 12.3 Å². The number of nitrogens with zero attached hydrogens (tertiary/aromatic N) is 2. The maximum absolute atomic E-state index is 12.3. The zero-order valence-corrected chi connectivity index (χ0v) is 13.4. The lowest BCUT2D eigenvalue weighted by Gasteiger charge is -2.04. The van der Waals surface area contributed by atoms with Crippen LogP contribution < -0.4 is 11.1 Å². The fourth-order valence-electron chi connectivity index (χ4n) is 2.27. The molecular formula is C16H15BrN4O. The van der Waals surface area contributed by atoms with E-state index in [2.05, 4.69) is 26.2 Å². The number of nitrogens with two attached hydrogens (primary N) is 1. The molecule has 5 nitrogen and oxygen atoms in total. The van der Waals surface area contributed by atoms with E-state index in [4.69, 9.17) is 5.73 Å². The first-order valence-electron chi connectivity index (χ1n) is 6.91. The van der Waals surface area contributed by atoms with Crippen LogP contribution in [0.3, 0.4) is 0 Å². The number of carbonyl (C=O) groups is 1. The summed E-state index contributed by atoms with van der Waals surface area (Å²) in [4.78, 5) is 16.6. The summed E-state index contributed by atoms with van der Waals surface area (Å²) in [7, 11) is 0. The van der Waals surface area contributed by atoms with E-state index in [-0.39, 0.29) is 11.6 Å². The van der Waals surface area contributed by atoms with E-state index in [0.717, 1.165) is 10.9 Å². The van der Waals surface area contributed by atoms with E-state index in [0.29, 0.717) is 18.0 Å². The van der Waals surface area contributed by atoms with Gasteiger partial charge in [0.2, 0.25) is 0 Å². The van der Waals surface area contributed by atoms with Crippen molar-refractivity contribution >= 4 is 33.3 Å². The van der Waals surface area contributed by atoms with Gasteiger partial charge in [0.25, 0.3) is 5.91 Å². The minimum atomic E-state index is -0.260. The van der Waals surface area contributed by atoms with Crippen LogP contribution in [0.15, 0.2) is 53.1 Å². The van der Waals surface area contributed by atoms with Crippen LogP contribution >= 0.6 is 15.9 Å². The number of anilines is 1. The number of nitrogen functional groups attached to an aromatic ring is 1. The summed E-state index contributed by atoms with van der Waals surface area (Å²) < 4.78 is 2.49. The van der Waals surface area contributed by atoms with Crippen molar-refractivity contribution < 1.29 is 4.79 Å². The molecule has 0 saturated heterocycles. The zero-order valence-electron chi connectivity index (χ0n) is 11.8. The standard InChI is InChI=1S/C16H15BrN4O/c17-12-7-4-10-21-14(18)13(20-15(12)21)16(22)19-9-8-11-5-2-1-3-6-11/h1-7,10H,8-9,18H2,(H,19,22). The molecular weight excluding hydrogens is 344 g/mol. The summed E-state index contributed by atoms with van der Waals surface area (Å²) >= 11 is 3.41. The van der Waals surface area contributed by atoms with Crippen LogP contribution in [0, 0.1) is 0 Å². The number of benzene rings is 1. The van der Waals surface area contributed by atoms with Gasteiger partial charge >= 0.3 is 0 Å². The van der Waals surface area contributed by atoms with E-state index in [1.54, 1.807) is 10.6 Å². The number of imidazole rings is 1. The summed E-state index contributed by atoms with van der Waals surface area (Å²) in [6, 6.07) is 13.7.